The van der Waals surface area contributed by atoms with Crippen LogP contribution in [0.2, 0.25) is 0 Å². The van der Waals surface area contributed by atoms with Gasteiger partial charge < -0.3 is 28.4 Å². The van der Waals surface area contributed by atoms with Gasteiger partial charge in [-0.3, -0.25) is 0 Å². The molecule has 0 N–H and O–H groups in total. The fourth-order valence-corrected chi connectivity index (χ4v) is 13.5. The first kappa shape index (κ1) is 48.8. The maximum Gasteiger partial charge on any atom is 0.180 e. The quantitative estimate of drug-likeness (QED) is 0.0575. The lowest BCUT2D eigenvalue weighted by molar-refractivity contribution is 0.0795. The van der Waals surface area contributed by atoms with Crippen molar-refractivity contribution in [2.75, 3.05) is 40.1 Å². The zero-order valence-electron chi connectivity index (χ0n) is 40.1. The lowest BCUT2D eigenvalue weighted by atomic mass is 9.79. The number of benzene rings is 1. The third-order valence-electron chi connectivity index (χ3n) is 13.6. The number of hydrogen-bond acceptors (Lipinski definition) is 10. The largest absolute Gasteiger partial charge is 0.496 e. The van der Waals surface area contributed by atoms with E-state index in [1.165, 1.54) is 85.2 Å². The van der Waals surface area contributed by atoms with Crippen LogP contribution in [0.4, 0.5) is 0 Å². The number of ether oxygens (including phenoxy) is 6. The molecule has 1 atom stereocenters. The van der Waals surface area contributed by atoms with Gasteiger partial charge in [-0.05, 0) is 74.4 Å². The molecule has 6 nitrogen and oxygen atoms in total. The van der Waals surface area contributed by atoms with Gasteiger partial charge in [-0.15, -0.1) is 45.3 Å². The smallest absolute Gasteiger partial charge is 0.180 e. The van der Waals surface area contributed by atoms with Crippen LogP contribution in [0.5, 0.6) is 34.5 Å². The number of rotatable bonds is 24. The summed E-state index contributed by atoms with van der Waals surface area (Å²) in [4.78, 5) is 6.92. The molecule has 0 fully saturated rings. The zero-order valence-corrected chi connectivity index (χ0v) is 43.3. The summed E-state index contributed by atoms with van der Waals surface area (Å²) in [5.41, 5.74) is 2.19. The van der Waals surface area contributed by atoms with E-state index < -0.39 is 0 Å². The molecule has 0 bridgehead atoms. The highest BCUT2D eigenvalue weighted by Gasteiger charge is 2.38. The van der Waals surface area contributed by atoms with Crippen molar-refractivity contribution in [3.63, 3.8) is 0 Å². The van der Waals surface area contributed by atoms with Crippen LogP contribution in [0, 0.1) is 16.7 Å². The molecule has 1 unspecified atom stereocenters. The van der Waals surface area contributed by atoms with E-state index in [0.29, 0.717) is 25.7 Å². The Labute approximate surface area is 401 Å². The Kier molecular flexibility index (Phi) is 17.6. The van der Waals surface area contributed by atoms with Crippen molar-refractivity contribution in [3.05, 3.63) is 41.8 Å². The summed E-state index contributed by atoms with van der Waals surface area (Å²) in [6.07, 6.45) is 18.7. The van der Waals surface area contributed by atoms with Crippen molar-refractivity contribution in [1.82, 2.24) is 0 Å². The van der Waals surface area contributed by atoms with Gasteiger partial charge in [-0.1, -0.05) is 112 Å². The highest BCUT2D eigenvalue weighted by Crippen LogP contribution is 2.54. The lowest BCUT2D eigenvalue weighted by Gasteiger charge is -2.31. The Morgan fingerprint density at radius 3 is 1.66 bits per heavy atom. The summed E-state index contributed by atoms with van der Waals surface area (Å²) in [7, 11) is 3.95. The van der Waals surface area contributed by atoms with E-state index in [9.17, 15) is 0 Å². The number of methoxy groups -OCH3 is 1. The molecule has 4 aromatic heterocycles. The Morgan fingerprint density at radius 2 is 1.09 bits per heavy atom. The van der Waals surface area contributed by atoms with Crippen molar-refractivity contribution in [2.24, 2.45) is 16.7 Å². The van der Waals surface area contributed by atoms with Gasteiger partial charge in [-0.25, -0.2) is 0 Å². The second kappa shape index (κ2) is 23.1. The van der Waals surface area contributed by atoms with E-state index in [0.717, 1.165) is 110 Å². The highest BCUT2D eigenvalue weighted by molar-refractivity contribution is 7.28. The number of unbranched alkanes of at least 4 members (excludes halogenated alkanes) is 5. The molecule has 1 aromatic carbocycles. The average molecular weight is 945 g/mol. The molecule has 348 valence electrons. The Morgan fingerprint density at radius 1 is 0.594 bits per heavy atom. The average Bonchev–Trinajstić information content (AvgIpc) is 4.11. The summed E-state index contributed by atoms with van der Waals surface area (Å²) >= 11 is 7.06. The molecular formula is C53H73BO6S4. The monoisotopic (exact) mass is 944 g/mol. The van der Waals surface area contributed by atoms with Crippen LogP contribution in [0.1, 0.15) is 144 Å². The summed E-state index contributed by atoms with van der Waals surface area (Å²) < 4.78 is 41.3. The van der Waals surface area contributed by atoms with E-state index in [4.69, 9.17) is 28.4 Å². The van der Waals surface area contributed by atoms with E-state index in [2.05, 4.69) is 91.2 Å². The van der Waals surface area contributed by atoms with Gasteiger partial charge in [0.15, 0.2) is 30.8 Å². The number of fused-ring (bicyclic) bond motifs is 2. The van der Waals surface area contributed by atoms with Crippen LogP contribution < -0.4 is 33.2 Å². The van der Waals surface area contributed by atoms with Gasteiger partial charge >= 0.3 is 0 Å². The highest BCUT2D eigenvalue weighted by atomic mass is 32.1. The third-order valence-corrected chi connectivity index (χ3v) is 18.2. The fraction of sp³-hybridized carbons (Fsp3) is 0.585. The summed E-state index contributed by atoms with van der Waals surface area (Å²) in [6.45, 7) is 17.2. The molecule has 2 aliphatic rings. The summed E-state index contributed by atoms with van der Waals surface area (Å²) in [5, 5.41) is 2.14. The molecule has 7 rings (SSSR count). The molecular weight excluding hydrogens is 872 g/mol. The maximum atomic E-state index is 6.94. The van der Waals surface area contributed by atoms with Gasteiger partial charge in [0.05, 0.1) is 49.9 Å². The van der Waals surface area contributed by atoms with Crippen LogP contribution in [0.15, 0.2) is 41.8 Å². The summed E-state index contributed by atoms with van der Waals surface area (Å²) in [5.74, 6) is 5.84. The molecule has 2 aliphatic heterocycles. The van der Waals surface area contributed by atoms with Gasteiger partial charge in [-0.2, -0.15) is 0 Å². The first-order valence-corrected chi connectivity index (χ1v) is 27.9. The van der Waals surface area contributed by atoms with Crippen molar-refractivity contribution in [2.45, 2.75) is 144 Å². The van der Waals surface area contributed by atoms with E-state index in [1.54, 1.807) is 52.5 Å². The van der Waals surface area contributed by atoms with Crippen LogP contribution in [0.3, 0.4) is 0 Å². The molecule has 0 saturated carbocycles. The molecule has 0 aliphatic carbocycles. The van der Waals surface area contributed by atoms with Gasteiger partial charge in [0.1, 0.15) is 11.5 Å². The first-order valence-electron chi connectivity index (χ1n) is 24.6. The second-order valence-corrected chi connectivity index (χ2v) is 22.8. The van der Waals surface area contributed by atoms with E-state index >= 15 is 0 Å². The van der Waals surface area contributed by atoms with Crippen molar-refractivity contribution < 1.29 is 28.4 Å². The number of thiophene rings is 4. The Hall–Kier alpha value is -3.12. The third kappa shape index (κ3) is 11.2. The minimum absolute atomic E-state index is 0.0504. The molecule has 6 heterocycles. The Bertz CT molecular complexity index is 2220. The summed E-state index contributed by atoms with van der Waals surface area (Å²) in [6, 6.07) is 13.4. The molecule has 11 heteroatoms. The predicted octanol–water partition coefficient (Wildman–Crippen LogP) is 15.7. The van der Waals surface area contributed by atoms with Gasteiger partial charge in [0, 0.05) is 51.6 Å². The fourth-order valence-electron chi connectivity index (χ4n) is 9.28. The molecule has 5 aromatic rings. The van der Waals surface area contributed by atoms with Crippen LogP contribution in [0.25, 0.3) is 40.4 Å². The Balaban J connectivity index is 1.20. The van der Waals surface area contributed by atoms with Crippen molar-refractivity contribution >= 4 is 58.0 Å². The predicted molar refractivity (Wildman–Crippen MR) is 278 cm³/mol. The van der Waals surface area contributed by atoms with E-state index in [1.807, 2.05) is 0 Å². The van der Waals surface area contributed by atoms with Gasteiger partial charge in [0.25, 0.3) is 0 Å². The molecule has 0 amide bonds. The SMILES string of the molecule is Bc1sc(-c2ccc(-c3cc(OCC(CC)CCCC)c(-c4ccc(-c5scc6c5OCC(CCCC)(CCCC)CO6)s4)cc3OC)s2)c2c1OCC(CCCC)(CCCC)CO2. The maximum absolute atomic E-state index is 6.94. The van der Waals surface area contributed by atoms with Crippen LogP contribution >= 0.6 is 45.3 Å². The van der Waals surface area contributed by atoms with Crippen molar-refractivity contribution in [1.29, 1.82) is 0 Å². The minimum atomic E-state index is 0.0504. The first-order chi connectivity index (χ1) is 31.2. The minimum Gasteiger partial charge on any atom is -0.496 e. The standard InChI is InChI=1S/C53H73BO6S4/c1-8-14-19-36(13-6)30-56-40-29-37(42-21-23-45(63-42)50-47-48(51(54)64-50)60-35-53(34-59-47,26-17-11-4)27-18-12-5)39(55-7)28-38(40)43-20-22-44(62-43)49-46-41(31-61-49)57-32-52(33-58-46,24-15-9-2)25-16-10-3/h20-23,28-29,31,36H,8-19,24-27,30,32-35,54H2,1-7H3. The topological polar surface area (TPSA) is 55.4 Å². The molecule has 0 radical (unpaired) electrons. The molecule has 0 saturated heterocycles. The van der Waals surface area contributed by atoms with Crippen molar-refractivity contribution in [3.8, 4) is 74.9 Å². The lowest BCUT2D eigenvalue weighted by Crippen LogP contribution is -2.34. The number of hydrogen-bond donors (Lipinski definition) is 0. The van der Waals surface area contributed by atoms with Crippen LogP contribution in [-0.2, 0) is 0 Å². The van der Waals surface area contributed by atoms with E-state index in [-0.39, 0.29) is 10.8 Å². The molecule has 0 spiro atoms. The van der Waals surface area contributed by atoms with Gasteiger partial charge in [0.2, 0.25) is 0 Å². The second-order valence-electron chi connectivity index (χ2n) is 18.6. The molecule has 64 heavy (non-hydrogen) atoms. The normalized spacial score (nSPS) is 15.7. The zero-order chi connectivity index (χ0) is 45.1. The van der Waals surface area contributed by atoms with Crippen LogP contribution in [-0.4, -0.2) is 48.0 Å².